The van der Waals surface area contributed by atoms with Gasteiger partial charge in [-0.15, -0.1) is 0 Å². The second kappa shape index (κ2) is 14.0. The molecule has 0 spiro atoms. The SMILES string of the molecule is C=N/C(=C\C=C/Cc1ccc(Cl)cn1)C1=CCN(Cc2nc3cc(NC=O)ccc3n2CC(O)CCC)CC1. The fraction of sp³-hybridized carbons (Fsp3) is 0.333. The van der Waals surface area contributed by atoms with Crippen LogP contribution in [-0.4, -0.2) is 56.9 Å². The first-order valence-corrected chi connectivity index (χ1v) is 13.6. The Labute approximate surface area is 234 Å². The first kappa shape index (κ1) is 28.4. The summed E-state index contributed by atoms with van der Waals surface area (Å²) in [5.74, 6) is 0.900. The van der Waals surface area contributed by atoms with Gasteiger partial charge in [0.05, 0.1) is 40.9 Å². The minimum absolute atomic E-state index is 0.443. The maximum atomic E-state index is 10.9. The molecule has 39 heavy (non-hydrogen) atoms. The fourth-order valence-electron chi connectivity index (χ4n) is 4.72. The average molecular weight is 547 g/mol. The van der Waals surface area contributed by atoms with E-state index in [1.165, 1.54) is 5.57 Å². The molecule has 1 unspecified atom stereocenters. The lowest BCUT2D eigenvalue weighted by molar-refractivity contribution is -0.105. The van der Waals surface area contributed by atoms with Crippen molar-refractivity contribution in [2.45, 2.75) is 51.8 Å². The summed E-state index contributed by atoms with van der Waals surface area (Å²) in [6.07, 6.45) is 13.3. The minimum atomic E-state index is -0.443. The van der Waals surface area contributed by atoms with Crippen molar-refractivity contribution in [3.05, 3.63) is 88.6 Å². The third-order valence-corrected chi connectivity index (χ3v) is 6.96. The first-order valence-electron chi connectivity index (χ1n) is 13.2. The van der Waals surface area contributed by atoms with E-state index in [1.807, 2.05) is 48.6 Å². The maximum Gasteiger partial charge on any atom is 0.211 e. The molecule has 0 saturated heterocycles. The van der Waals surface area contributed by atoms with Crippen LogP contribution in [0.5, 0.6) is 0 Å². The van der Waals surface area contributed by atoms with Crippen molar-refractivity contribution in [3.8, 4) is 0 Å². The number of pyridine rings is 1. The average Bonchev–Trinajstić information content (AvgIpc) is 3.26. The molecule has 1 aliphatic heterocycles. The molecule has 0 saturated carbocycles. The molecule has 8 nitrogen and oxygen atoms in total. The molecule has 0 radical (unpaired) electrons. The number of amides is 1. The Morgan fingerprint density at radius 2 is 2.21 bits per heavy atom. The van der Waals surface area contributed by atoms with Crippen LogP contribution in [0.25, 0.3) is 11.0 Å². The van der Waals surface area contributed by atoms with Crippen molar-refractivity contribution < 1.29 is 9.90 Å². The summed E-state index contributed by atoms with van der Waals surface area (Å²) in [5.41, 5.74) is 5.45. The van der Waals surface area contributed by atoms with Crippen LogP contribution in [0, 0.1) is 0 Å². The Balaban J connectivity index is 1.45. The molecule has 3 heterocycles. The second-order valence-corrected chi connectivity index (χ2v) is 10.0. The highest BCUT2D eigenvalue weighted by Gasteiger charge is 2.19. The van der Waals surface area contributed by atoms with E-state index < -0.39 is 6.10 Å². The van der Waals surface area contributed by atoms with E-state index in [4.69, 9.17) is 16.6 Å². The smallest absolute Gasteiger partial charge is 0.211 e. The molecule has 0 aliphatic carbocycles. The van der Waals surface area contributed by atoms with Crippen LogP contribution in [0.1, 0.15) is 37.7 Å². The summed E-state index contributed by atoms with van der Waals surface area (Å²) < 4.78 is 2.11. The topological polar surface area (TPSA) is 95.6 Å². The van der Waals surface area contributed by atoms with E-state index in [2.05, 4.69) is 44.5 Å². The number of nitrogens with zero attached hydrogens (tertiary/aromatic N) is 5. The number of carbonyl (C=O) groups is 1. The molecular formula is C30H35ClN6O2. The Kier molecular flexibility index (Phi) is 10.2. The standard InChI is InChI=1S/C30H35ClN6O2/c1-3-6-26(39)19-37-29-12-11-25(34-21-38)17-28(29)35-30(37)20-36-15-13-22(14-16-36)27(32-2)8-5-4-7-24-10-9-23(31)18-33-24/h4-5,8-13,17-18,21,26,39H,2-3,6-7,14-16,19-20H2,1H3,(H,34,38)/b5-4-,27-8-. The number of allylic oxidation sites excluding steroid dienone is 4. The van der Waals surface area contributed by atoms with Crippen molar-refractivity contribution in [1.29, 1.82) is 0 Å². The zero-order chi connectivity index (χ0) is 27.6. The lowest BCUT2D eigenvalue weighted by atomic mass is 10.0. The number of aliphatic hydroxyl groups is 1. The molecule has 4 rings (SSSR count). The number of benzene rings is 1. The van der Waals surface area contributed by atoms with Crippen molar-refractivity contribution in [2.75, 3.05) is 18.4 Å². The van der Waals surface area contributed by atoms with Crippen LogP contribution in [0.2, 0.25) is 5.02 Å². The van der Waals surface area contributed by atoms with Crippen molar-refractivity contribution in [2.24, 2.45) is 4.99 Å². The van der Waals surface area contributed by atoms with Gasteiger partial charge in [0.25, 0.3) is 0 Å². The number of halogens is 1. The zero-order valence-electron chi connectivity index (χ0n) is 22.3. The van der Waals surface area contributed by atoms with Crippen LogP contribution in [-0.2, 0) is 24.3 Å². The first-order chi connectivity index (χ1) is 19.0. The van der Waals surface area contributed by atoms with E-state index >= 15 is 0 Å². The molecule has 1 aliphatic rings. The number of anilines is 1. The van der Waals surface area contributed by atoms with Gasteiger partial charge in [-0.3, -0.25) is 19.7 Å². The van der Waals surface area contributed by atoms with Gasteiger partial charge in [0.15, 0.2) is 0 Å². The zero-order valence-corrected chi connectivity index (χ0v) is 23.0. The van der Waals surface area contributed by atoms with Crippen LogP contribution >= 0.6 is 11.6 Å². The van der Waals surface area contributed by atoms with Crippen molar-refractivity contribution >= 4 is 41.4 Å². The highest BCUT2D eigenvalue weighted by molar-refractivity contribution is 6.30. The van der Waals surface area contributed by atoms with Gasteiger partial charge in [-0.25, -0.2) is 4.98 Å². The number of aromatic nitrogens is 3. The number of hydrogen-bond acceptors (Lipinski definition) is 6. The van der Waals surface area contributed by atoms with E-state index in [-0.39, 0.29) is 0 Å². The van der Waals surface area contributed by atoms with E-state index in [9.17, 15) is 9.90 Å². The van der Waals surface area contributed by atoms with E-state index in [0.717, 1.165) is 60.6 Å². The van der Waals surface area contributed by atoms with Gasteiger partial charge in [0.1, 0.15) is 5.82 Å². The molecule has 2 N–H and O–H groups in total. The number of aliphatic imine (C=N–C) groups is 1. The number of hydrogen-bond donors (Lipinski definition) is 2. The van der Waals surface area contributed by atoms with Crippen LogP contribution < -0.4 is 5.32 Å². The number of aliphatic hydroxyl groups excluding tert-OH is 1. The molecule has 1 aromatic carbocycles. The number of imidazole rings is 1. The van der Waals surface area contributed by atoms with Gasteiger partial charge in [0, 0.05) is 37.1 Å². The molecule has 3 aromatic rings. The molecule has 2 aromatic heterocycles. The molecule has 0 fully saturated rings. The lowest BCUT2D eigenvalue weighted by Gasteiger charge is -2.26. The summed E-state index contributed by atoms with van der Waals surface area (Å²) >= 11 is 5.90. The minimum Gasteiger partial charge on any atom is -0.391 e. The largest absolute Gasteiger partial charge is 0.391 e. The summed E-state index contributed by atoms with van der Waals surface area (Å²) in [6, 6.07) is 9.44. The van der Waals surface area contributed by atoms with Gasteiger partial charge in [-0.05, 0) is 61.5 Å². The van der Waals surface area contributed by atoms with Gasteiger partial charge in [-0.1, -0.05) is 43.2 Å². The quantitative estimate of drug-likeness (QED) is 0.172. The number of nitrogens with one attached hydrogen (secondary N) is 1. The molecule has 1 atom stereocenters. The summed E-state index contributed by atoms with van der Waals surface area (Å²) in [4.78, 5) is 26.7. The maximum absolute atomic E-state index is 10.9. The van der Waals surface area contributed by atoms with Crippen LogP contribution in [0.15, 0.2) is 77.1 Å². The van der Waals surface area contributed by atoms with Gasteiger partial charge in [0.2, 0.25) is 6.41 Å². The predicted molar refractivity (Wildman–Crippen MR) is 158 cm³/mol. The second-order valence-electron chi connectivity index (χ2n) is 9.57. The van der Waals surface area contributed by atoms with Gasteiger partial charge in [-0.2, -0.15) is 0 Å². The van der Waals surface area contributed by atoms with Crippen LogP contribution in [0.4, 0.5) is 5.69 Å². The normalized spacial score (nSPS) is 15.5. The van der Waals surface area contributed by atoms with Crippen LogP contribution in [0.3, 0.4) is 0 Å². The van der Waals surface area contributed by atoms with Gasteiger partial charge >= 0.3 is 0 Å². The predicted octanol–water partition coefficient (Wildman–Crippen LogP) is 5.33. The van der Waals surface area contributed by atoms with E-state index in [1.54, 1.807) is 6.20 Å². The third kappa shape index (κ3) is 7.72. The molecule has 9 heteroatoms. The molecule has 1 amide bonds. The number of rotatable bonds is 13. The Bertz CT molecular complexity index is 1380. The molecular weight excluding hydrogens is 512 g/mol. The van der Waals surface area contributed by atoms with Crippen molar-refractivity contribution in [3.63, 3.8) is 0 Å². The Morgan fingerprint density at radius 3 is 2.90 bits per heavy atom. The Morgan fingerprint density at radius 1 is 1.33 bits per heavy atom. The Hall–Kier alpha value is -3.59. The highest BCUT2D eigenvalue weighted by Crippen LogP contribution is 2.25. The fourth-order valence-corrected chi connectivity index (χ4v) is 4.83. The molecule has 0 bridgehead atoms. The van der Waals surface area contributed by atoms with E-state index in [0.29, 0.717) is 36.6 Å². The van der Waals surface area contributed by atoms with Crippen molar-refractivity contribution in [1.82, 2.24) is 19.4 Å². The highest BCUT2D eigenvalue weighted by atomic mass is 35.5. The lowest BCUT2D eigenvalue weighted by Crippen LogP contribution is -2.30. The monoisotopic (exact) mass is 546 g/mol. The summed E-state index contributed by atoms with van der Waals surface area (Å²) in [7, 11) is 0. The molecule has 204 valence electrons. The number of fused-ring (bicyclic) bond motifs is 1. The summed E-state index contributed by atoms with van der Waals surface area (Å²) in [6.45, 7) is 8.60. The summed E-state index contributed by atoms with van der Waals surface area (Å²) in [5, 5.41) is 13.9. The number of carbonyl (C=O) groups excluding carboxylic acids is 1. The van der Waals surface area contributed by atoms with Gasteiger partial charge < -0.3 is 15.0 Å². The third-order valence-electron chi connectivity index (χ3n) is 6.73.